The molecule has 7 nitrogen and oxygen atoms in total. The molecule has 0 spiro atoms. The van der Waals surface area contributed by atoms with Gasteiger partial charge in [-0.2, -0.15) is 4.31 Å². The first-order chi connectivity index (χ1) is 11.4. The molecule has 1 aliphatic rings. The zero-order chi connectivity index (χ0) is 17.3. The van der Waals surface area contributed by atoms with Crippen LogP contribution in [0, 0.1) is 13.8 Å². The summed E-state index contributed by atoms with van der Waals surface area (Å²) in [6.45, 7) is 5.60. The highest BCUT2D eigenvalue weighted by Crippen LogP contribution is 2.21. The van der Waals surface area contributed by atoms with Gasteiger partial charge >= 0.3 is 0 Å². The van der Waals surface area contributed by atoms with Gasteiger partial charge in [0.15, 0.2) is 0 Å². The molecule has 0 atom stereocenters. The Bertz CT molecular complexity index is 900. The number of rotatable bonds is 3. The fraction of sp³-hybridized carbons (Fsp3) is 0.375. The van der Waals surface area contributed by atoms with Crippen molar-refractivity contribution in [1.82, 2.24) is 14.3 Å². The average molecular weight is 348 g/mol. The van der Waals surface area contributed by atoms with Gasteiger partial charge in [0.25, 0.3) is 5.56 Å². The predicted molar refractivity (Wildman–Crippen MR) is 91.7 cm³/mol. The van der Waals surface area contributed by atoms with Crippen molar-refractivity contribution in [3.05, 3.63) is 52.1 Å². The van der Waals surface area contributed by atoms with E-state index in [1.807, 2.05) is 24.8 Å². The van der Waals surface area contributed by atoms with Crippen LogP contribution in [-0.4, -0.2) is 48.9 Å². The molecule has 24 heavy (non-hydrogen) atoms. The van der Waals surface area contributed by atoms with E-state index in [0.717, 1.165) is 11.1 Å². The van der Waals surface area contributed by atoms with Crippen LogP contribution in [0.5, 0.6) is 0 Å². The van der Waals surface area contributed by atoms with E-state index in [-0.39, 0.29) is 5.56 Å². The largest absolute Gasteiger partial charge is 0.354 e. The van der Waals surface area contributed by atoms with Crippen LogP contribution in [0.25, 0.3) is 0 Å². The monoisotopic (exact) mass is 348 g/mol. The molecule has 0 amide bonds. The highest BCUT2D eigenvalue weighted by molar-refractivity contribution is 7.89. The number of hydrogen-bond acceptors (Lipinski definition) is 5. The lowest BCUT2D eigenvalue weighted by Crippen LogP contribution is -2.49. The Labute approximate surface area is 141 Å². The number of anilines is 1. The molecule has 0 saturated carbocycles. The minimum atomic E-state index is -3.50. The number of nitrogens with zero attached hydrogens (tertiary/aromatic N) is 3. The number of aryl methyl sites for hydroxylation is 2. The molecule has 1 N–H and O–H groups in total. The van der Waals surface area contributed by atoms with Gasteiger partial charge in [0, 0.05) is 32.2 Å². The molecule has 0 radical (unpaired) electrons. The van der Waals surface area contributed by atoms with Crippen molar-refractivity contribution in [2.24, 2.45) is 0 Å². The second kappa shape index (κ2) is 6.37. The fourth-order valence-electron chi connectivity index (χ4n) is 2.71. The molecule has 1 aromatic heterocycles. The lowest BCUT2D eigenvalue weighted by Gasteiger charge is -2.34. The molecule has 1 fully saturated rings. The number of aromatic amines is 1. The maximum atomic E-state index is 12.8. The number of sulfonamides is 1. The average Bonchev–Trinajstić information content (AvgIpc) is 2.57. The fourth-order valence-corrected chi connectivity index (χ4v) is 4.22. The Kier molecular flexibility index (Phi) is 4.42. The lowest BCUT2D eigenvalue weighted by atomic mass is 10.1. The first kappa shape index (κ1) is 16.7. The summed E-state index contributed by atoms with van der Waals surface area (Å²) in [6, 6.07) is 6.63. The van der Waals surface area contributed by atoms with Crippen LogP contribution in [-0.2, 0) is 10.0 Å². The van der Waals surface area contributed by atoms with Crippen molar-refractivity contribution in [1.29, 1.82) is 0 Å². The van der Waals surface area contributed by atoms with Gasteiger partial charge in [-0.1, -0.05) is 6.07 Å². The third-order valence-electron chi connectivity index (χ3n) is 4.34. The Balaban J connectivity index is 1.76. The van der Waals surface area contributed by atoms with E-state index < -0.39 is 10.0 Å². The van der Waals surface area contributed by atoms with E-state index >= 15 is 0 Å². The zero-order valence-corrected chi connectivity index (χ0v) is 14.5. The third-order valence-corrected chi connectivity index (χ3v) is 6.24. The van der Waals surface area contributed by atoms with E-state index in [2.05, 4.69) is 9.97 Å². The summed E-state index contributed by atoms with van der Waals surface area (Å²) >= 11 is 0. The third kappa shape index (κ3) is 3.20. The van der Waals surface area contributed by atoms with Crippen LogP contribution >= 0.6 is 0 Å². The maximum absolute atomic E-state index is 12.8. The SMILES string of the molecule is Cc1ccc(S(=O)(=O)N2CCN(c3cc(=O)[nH]cn3)CC2)cc1C. The summed E-state index contributed by atoms with van der Waals surface area (Å²) in [5.74, 6) is 0.571. The van der Waals surface area contributed by atoms with Crippen molar-refractivity contribution in [3.63, 3.8) is 0 Å². The summed E-state index contributed by atoms with van der Waals surface area (Å²) in [6.07, 6.45) is 1.36. The quantitative estimate of drug-likeness (QED) is 0.890. The summed E-state index contributed by atoms with van der Waals surface area (Å²) in [7, 11) is -3.50. The van der Waals surface area contributed by atoms with Gasteiger partial charge in [-0.25, -0.2) is 13.4 Å². The Morgan fingerprint density at radius 1 is 1.04 bits per heavy atom. The first-order valence-corrected chi connectivity index (χ1v) is 9.19. The van der Waals surface area contributed by atoms with Gasteiger partial charge in [0.2, 0.25) is 10.0 Å². The van der Waals surface area contributed by atoms with E-state index in [4.69, 9.17) is 0 Å². The molecule has 1 saturated heterocycles. The molecule has 1 aliphatic heterocycles. The van der Waals surface area contributed by atoms with E-state index in [1.54, 1.807) is 12.1 Å². The second-order valence-corrected chi connectivity index (χ2v) is 7.84. The topological polar surface area (TPSA) is 86.4 Å². The normalized spacial score (nSPS) is 16.3. The van der Waals surface area contributed by atoms with E-state index in [0.29, 0.717) is 36.9 Å². The summed E-state index contributed by atoms with van der Waals surface area (Å²) in [4.78, 5) is 20.2. The zero-order valence-electron chi connectivity index (χ0n) is 13.7. The molecular weight excluding hydrogens is 328 g/mol. The number of hydrogen-bond donors (Lipinski definition) is 1. The number of H-pyrrole nitrogens is 1. The van der Waals surface area contributed by atoms with Gasteiger partial charge in [-0.05, 0) is 37.1 Å². The lowest BCUT2D eigenvalue weighted by molar-refractivity contribution is 0.383. The highest BCUT2D eigenvalue weighted by atomic mass is 32.2. The second-order valence-electron chi connectivity index (χ2n) is 5.91. The minimum Gasteiger partial charge on any atom is -0.354 e. The van der Waals surface area contributed by atoms with E-state index in [9.17, 15) is 13.2 Å². The molecule has 1 aromatic carbocycles. The van der Waals surface area contributed by atoms with E-state index in [1.165, 1.54) is 16.7 Å². The molecule has 2 heterocycles. The highest BCUT2D eigenvalue weighted by Gasteiger charge is 2.29. The summed E-state index contributed by atoms with van der Waals surface area (Å²) < 4.78 is 27.1. The smallest absolute Gasteiger partial charge is 0.252 e. The Morgan fingerprint density at radius 2 is 1.75 bits per heavy atom. The molecule has 0 bridgehead atoms. The van der Waals surface area contributed by atoms with Gasteiger partial charge in [-0.3, -0.25) is 4.79 Å². The van der Waals surface area contributed by atoms with Crippen LogP contribution in [0.15, 0.2) is 40.3 Å². The standard InChI is InChI=1S/C16H20N4O3S/c1-12-3-4-14(9-13(12)2)24(22,23)20-7-5-19(6-8-20)15-10-16(21)18-11-17-15/h3-4,9-11H,5-8H2,1-2H3,(H,17,18,21). The maximum Gasteiger partial charge on any atom is 0.252 e. The van der Waals surface area contributed by atoms with Gasteiger partial charge in [0.05, 0.1) is 11.2 Å². The molecule has 128 valence electrons. The summed E-state index contributed by atoms with van der Waals surface area (Å²) in [5, 5.41) is 0. The van der Waals surface area contributed by atoms with Crippen molar-refractivity contribution in [3.8, 4) is 0 Å². The molecule has 0 aliphatic carbocycles. The van der Waals surface area contributed by atoms with Crippen LogP contribution in [0.2, 0.25) is 0 Å². The van der Waals surface area contributed by atoms with Crippen LogP contribution < -0.4 is 10.5 Å². The van der Waals surface area contributed by atoms with Gasteiger partial charge in [-0.15, -0.1) is 0 Å². The minimum absolute atomic E-state index is 0.217. The van der Waals surface area contributed by atoms with Crippen LogP contribution in [0.1, 0.15) is 11.1 Å². The molecule has 0 unspecified atom stereocenters. The van der Waals surface area contributed by atoms with Crippen molar-refractivity contribution >= 4 is 15.8 Å². The number of aromatic nitrogens is 2. The Morgan fingerprint density at radius 3 is 2.38 bits per heavy atom. The van der Waals surface area contributed by atoms with Gasteiger partial charge < -0.3 is 9.88 Å². The number of piperazine rings is 1. The van der Waals surface area contributed by atoms with Crippen LogP contribution in [0.3, 0.4) is 0 Å². The first-order valence-electron chi connectivity index (χ1n) is 7.75. The number of nitrogens with one attached hydrogen (secondary N) is 1. The predicted octanol–water partition coefficient (Wildman–Crippen LogP) is 0.898. The summed E-state index contributed by atoms with van der Waals surface area (Å²) in [5.41, 5.74) is 1.81. The van der Waals surface area contributed by atoms with Crippen molar-refractivity contribution < 1.29 is 8.42 Å². The van der Waals surface area contributed by atoms with Crippen molar-refractivity contribution in [2.75, 3.05) is 31.1 Å². The van der Waals surface area contributed by atoms with Crippen molar-refractivity contribution in [2.45, 2.75) is 18.7 Å². The van der Waals surface area contributed by atoms with Crippen LogP contribution in [0.4, 0.5) is 5.82 Å². The molecular formula is C16H20N4O3S. The number of benzene rings is 1. The Hall–Kier alpha value is -2.19. The molecule has 8 heteroatoms. The van der Waals surface area contributed by atoms with Gasteiger partial charge in [0.1, 0.15) is 5.82 Å². The molecule has 3 rings (SSSR count). The molecule has 2 aromatic rings.